The first-order chi connectivity index (χ1) is 8.08. The fourth-order valence-corrected chi connectivity index (χ4v) is 2.13. The van der Waals surface area contributed by atoms with Gasteiger partial charge in [0.2, 0.25) is 5.91 Å². The smallest absolute Gasteiger partial charge is 0.261 e. The zero-order chi connectivity index (χ0) is 12.7. The Bertz CT molecular complexity index is 244. The summed E-state index contributed by atoms with van der Waals surface area (Å²) in [7, 11) is 0. The number of nitrogens with two attached hydrogens (primary N) is 1. The molecular weight excluding hydrogens is 230 g/mol. The van der Waals surface area contributed by atoms with Crippen LogP contribution in [0.15, 0.2) is 0 Å². The Morgan fingerprint density at radius 3 is 2.59 bits per heavy atom. The van der Waals surface area contributed by atoms with Crippen molar-refractivity contribution in [3.63, 3.8) is 0 Å². The minimum atomic E-state index is -2.48. The molecule has 0 aliphatic heterocycles. The van der Waals surface area contributed by atoms with Crippen molar-refractivity contribution in [1.29, 1.82) is 0 Å². The number of rotatable bonds is 7. The zero-order valence-corrected chi connectivity index (χ0v) is 9.88. The Morgan fingerprint density at radius 2 is 2.06 bits per heavy atom. The van der Waals surface area contributed by atoms with Crippen LogP contribution in [0.5, 0.6) is 0 Å². The lowest BCUT2D eigenvalue weighted by Gasteiger charge is -2.28. The summed E-state index contributed by atoms with van der Waals surface area (Å²) in [5.74, 6) is -0.174. The van der Waals surface area contributed by atoms with Crippen molar-refractivity contribution in [3.05, 3.63) is 0 Å². The molecule has 0 aromatic carbocycles. The summed E-state index contributed by atoms with van der Waals surface area (Å²) in [6.45, 7) is -0.164. The lowest BCUT2D eigenvalue weighted by atomic mass is 9.98. The molecule has 3 N–H and O–H groups in total. The van der Waals surface area contributed by atoms with E-state index in [0.29, 0.717) is 6.54 Å². The largest absolute Gasteiger partial charge is 0.375 e. The van der Waals surface area contributed by atoms with Gasteiger partial charge in [-0.15, -0.1) is 0 Å². The first-order valence-corrected chi connectivity index (χ1v) is 5.95. The number of halogens is 2. The first-order valence-electron chi connectivity index (χ1n) is 5.95. The second kappa shape index (κ2) is 6.86. The number of nitrogens with one attached hydrogen (secondary N) is 1. The number of carbonyl (C=O) groups is 1. The van der Waals surface area contributed by atoms with Gasteiger partial charge in [-0.1, -0.05) is 12.8 Å². The van der Waals surface area contributed by atoms with Crippen LogP contribution in [0.3, 0.4) is 0 Å². The third kappa shape index (κ3) is 4.95. The van der Waals surface area contributed by atoms with Gasteiger partial charge in [0.05, 0.1) is 12.1 Å². The van der Waals surface area contributed by atoms with Crippen LogP contribution in [0.2, 0.25) is 0 Å². The van der Waals surface area contributed by atoms with Crippen molar-refractivity contribution < 1.29 is 18.3 Å². The van der Waals surface area contributed by atoms with Crippen LogP contribution in [0, 0.1) is 0 Å². The fourth-order valence-electron chi connectivity index (χ4n) is 2.13. The molecule has 0 aromatic rings. The summed E-state index contributed by atoms with van der Waals surface area (Å²) in [5, 5.41) is 2.90. The molecule has 0 bridgehead atoms. The highest BCUT2D eigenvalue weighted by Gasteiger charge is 2.33. The molecule has 0 unspecified atom stereocenters. The number of ether oxygens (including phenoxy) is 1. The van der Waals surface area contributed by atoms with E-state index in [1.54, 1.807) is 0 Å². The Kier molecular flexibility index (Phi) is 5.77. The third-order valence-electron chi connectivity index (χ3n) is 3.07. The van der Waals surface area contributed by atoms with E-state index in [1.165, 1.54) is 0 Å². The number of amides is 1. The molecule has 0 saturated heterocycles. The molecule has 1 aliphatic rings. The van der Waals surface area contributed by atoms with Gasteiger partial charge >= 0.3 is 0 Å². The second-order valence-corrected chi connectivity index (χ2v) is 4.46. The van der Waals surface area contributed by atoms with Crippen LogP contribution in [0.25, 0.3) is 0 Å². The second-order valence-electron chi connectivity index (χ2n) is 4.46. The summed E-state index contributed by atoms with van der Waals surface area (Å²) >= 11 is 0. The molecular formula is C11H20F2N2O2. The molecule has 1 saturated carbocycles. The Hall–Kier alpha value is -0.750. The van der Waals surface area contributed by atoms with Gasteiger partial charge in [-0.3, -0.25) is 4.79 Å². The molecule has 6 heteroatoms. The van der Waals surface area contributed by atoms with Crippen molar-refractivity contribution in [2.75, 3.05) is 19.8 Å². The Morgan fingerprint density at radius 1 is 1.41 bits per heavy atom. The van der Waals surface area contributed by atoms with E-state index in [4.69, 9.17) is 5.73 Å². The Balaban J connectivity index is 2.19. The van der Waals surface area contributed by atoms with Gasteiger partial charge in [0.15, 0.2) is 0 Å². The minimum Gasteiger partial charge on any atom is -0.375 e. The number of alkyl halides is 2. The van der Waals surface area contributed by atoms with E-state index in [9.17, 15) is 13.6 Å². The third-order valence-corrected chi connectivity index (χ3v) is 3.07. The van der Waals surface area contributed by atoms with E-state index in [1.807, 2.05) is 0 Å². The summed E-state index contributed by atoms with van der Waals surface area (Å²) in [5.41, 5.74) is 5.39. The average Bonchev–Trinajstić information content (AvgIpc) is 2.73. The molecule has 0 atom stereocenters. The van der Waals surface area contributed by atoms with Crippen LogP contribution in [0.4, 0.5) is 8.78 Å². The first kappa shape index (κ1) is 14.3. The van der Waals surface area contributed by atoms with E-state index in [-0.39, 0.29) is 24.5 Å². The van der Waals surface area contributed by atoms with Gasteiger partial charge in [0, 0.05) is 13.0 Å². The summed E-state index contributed by atoms with van der Waals surface area (Å²) in [6.07, 6.45) is 1.55. The summed E-state index contributed by atoms with van der Waals surface area (Å²) in [6, 6.07) is 0. The standard InChI is InChI=1S/C11H20F2N2O2/c12-9(13)7-17-6-3-10(16)15-11(8-14)4-1-2-5-11/h9H,1-8,14H2,(H,15,16). The predicted molar refractivity (Wildman–Crippen MR) is 59.8 cm³/mol. The highest BCUT2D eigenvalue weighted by Crippen LogP contribution is 2.28. The quantitative estimate of drug-likeness (QED) is 0.664. The molecule has 0 heterocycles. The van der Waals surface area contributed by atoms with Gasteiger partial charge < -0.3 is 15.8 Å². The van der Waals surface area contributed by atoms with E-state index in [0.717, 1.165) is 25.7 Å². The maximum Gasteiger partial charge on any atom is 0.261 e. The van der Waals surface area contributed by atoms with E-state index >= 15 is 0 Å². The van der Waals surface area contributed by atoms with Crippen LogP contribution >= 0.6 is 0 Å². The lowest BCUT2D eigenvalue weighted by molar-refractivity contribution is -0.124. The van der Waals surface area contributed by atoms with E-state index in [2.05, 4.69) is 10.1 Å². The SMILES string of the molecule is NCC1(NC(=O)CCOCC(F)F)CCCC1. The molecule has 17 heavy (non-hydrogen) atoms. The summed E-state index contributed by atoms with van der Waals surface area (Å²) < 4.78 is 28.2. The topological polar surface area (TPSA) is 64.3 Å². The normalized spacial score (nSPS) is 18.6. The summed E-state index contributed by atoms with van der Waals surface area (Å²) in [4.78, 5) is 11.6. The van der Waals surface area contributed by atoms with Crippen LogP contribution in [-0.4, -0.2) is 37.6 Å². The van der Waals surface area contributed by atoms with Crippen LogP contribution in [0.1, 0.15) is 32.1 Å². The molecule has 1 aliphatic carbocycles. The van der Waals surface area contributed by atoms with Gasteiger partial charge in [-0.2, -0.15) is 0 Å². The van der Waals surface area contributed by atoms with E-state index < -0.39 is 13.0 Å². The molecule has 0 spiro atoms. The van der Waals surface area contributed by atoms with Crippen molar-refractivity contribution in [3.8, 4) is 0 Å². The maximum absolute atomic E-state index is 11.8. The van der Waals surface area contributed by atoms with Crippen molar-refractivity contribution in [2.45, 2.75) is 44.1 Å². The zero-order valence-electron chi connectivity index (χ0n) is 9.88. The number of hydrogen-bond acceptors (Lipinski definition) is 3. The van der Waals surface area contributed by atoms with Crippen molar-refractivity contribution in [1.82, 2.24) is 5.32 Å². The highest BCUT2D eigenvalue weighted by molar-refractivity contribution is 5.77. The van der Waals surface area contributed by atoms with Crippen LogP contribution < -0.4 is 11.1 Å². The van der Waals surface area contributed by atoms with Crippen molar-refractivity contribution in [2.24, 2.45) is 5.73 Å². The maximum atomic E-state index is 11.8. The molecule has 1 amide bonds. The van der Waals surface area contributed by atoms with Gasteiger partial charge in [0.25, 0.3) is 6.43 Å². The molecule has 1 rings (SSSR count). The van der Waals surface area contributed by atoms with Gasteiger partial charge in [-0.05, 0) is 12.8 Å². The van der Waals surface area contributed by atoms with Crippen molar-refractivity contribution >= 4 is 5.91 Å². The molecule has 0 radical (unpaired) electrons. The molecule has 100 valence electrons. The number of hydrogen-bond donors (Lipinski definition) is 2. The molecule has 1 fully saturated rings. The Labute approximate surface area is 99.9 Å². The molecule has 0 aromatic heterocycles. The lowest BCUT2D eigenvalue weighted by Crippen LogP contribution is -2.51. The predicted octanol–water partition coefficient (Wildman–Crippen LogP) is 1.05. The molecule has 4 nitrogen and oxygen atoms in total. The fraction of sp³-hybridized carbons (Fsp3) is 0.909. The number of carbonyl (C=O) groups excluding carboxylic acids is 1. The monoisotopic (exact) mass is 250 g/mol. The van der Waals surface area contributed by atoms with Gasteiger partial charge in [-0.25, -0.2) is 8.78 Å². The van der Waals surface area contributed by atoms with Crippen LogP contribution in [-0.2, 0) is 9.53 Å². The highest BCUT2D eigenvalue weighted by atomic mass is 19.3. The minimum absolute atomic E-state index is 0.0246. The average molecular weight is 250 g/mol. The van der Waals surface area contributed by atoms with Gasteiger partial charge in [0.1, 0.15) is 6.61 Å².